The third-order valence-electron chi connectivity index (χ3n) is 4.87. The molecule has 2 aliphatic carbocycles. The Bertz CT molecular complexity index is 199. The van der Waals surface area contributed by atoms with Gasteiger partial charge in [-0.2, -0.15) is 0 Å². The summed E-state index contributed by atoms with van der Waals surface area (Å²) in [5, 5.41) is 10.5. The molecule has 0 heterocycles. The zero-order valence-electron chi connectivity index (χ0n) is 10.9. The second kappa shape index (κ2) is 5.53. The highest BCUT2D eigenvalue weighted by molar-refractivity contribution is 5.12. The summed E-state index contributed by atoms with van der Waals surface area (Å²) >= 11 is 0. The Hall–Kier alpha value is -0.0400. The summed E-state index contributed by atoms with van der Waals surface area (Å²) < 4.78 is 0. The molecule has 0 aromatic carbocycles. The highest BCUT2D eigenvalue weighted by Crippen LogP contribution is 2.60. The summed E-state index contributed by atoms with van der Waals surface area (Å²) in [5.41, 5.74) is -0.207. The van der Waals surface area contributed by atoms with E-state index >= 15 is 0 Å². The summed E-state index contributed by atoms with van der Waals surface area (Å²) in [6.45, 7) is 2.26. The van der Waals surface area contributed by atoms with Crippen molar-refractivity contribution in [1.82, 2.24) is 0 Å². The fourth-order valence-electron chi connectivity index (χ4n) is 3.78. The topological polar surface area (TPSA) is 20.2 Å². The lowest BCUT2D eigenvalue weighted by Gasteiger charge is -2.09. The zero-order chi connectivity index (χ0) is 11.4. The molecule has 2 atom stereocenters. The third-order valence-corrected chi connectivity index (χ3v) is 4.87. The molecule has 2 rings (SSSR count). The Morgan fingerprint density at radius 1 is 0.938 bits per heavy atom. The highest BCUT2D eigenvalue weighted by atomic mass is 16.3. The van der Waals surface area contributed by atoms with Gasteiger partial charge in [0.25, 0.3) is 0 Å². The van der Waals surface area contributed by atoms with Crippen LogP contribution in [0.4, 0.5) is 0 Å². The van der Waals surface area contributed by atoms with Crippen LogP contribution in [0.5, 0.6) is 0 Å². The van der Waals surface area contributed by atoms with Crippen LogP contribution in [0.3, 0.4) is 0 Å². The zero-order valence-corrected chi connectivity index (χ0v) is 10.9. The number of hydrogen-bond acceptors (Lipinski definition) is 1. The predicted molar refractivity (Wildman–Crippen MR) is 68.4 cm³/mol. The second-order valence-electron chi connectivity index (χ2n) is 6.01. The van der Waals surface area contributed by atoms with Crippen molar-refractivity contribution < 1.29 is 5.11 Å². The Kier molecular flexibility index (Phi) is 4.29. The van der Waals surface area contributed by atoms with Crippen molar-refractivity contribution in [1.29, 1.82) is 0 Å². The summed E-state index contributed by atoms with van der Waals surface area (Å²) in [6, 6.07) is 0. The van der Waals surface area contributed by atoms with Crippen LogP contribution in [0.25, 0.3) is 0 Å². The van der Waals surface area contributed by atoms with E-state index in [0.717, 1.165) is 6.42 Å². The molecule has 1 nitrogen and oxygen atoms in total. The highest BCUT2D eigenvalue weighted by Gasteiger charge is 2.62. The van der Waals surface area contributed by atoms with Gasteiger partial charge in [-0.3, -0.25) is 0 Å². The van der Waals surface area contributed by atoms with Gasteiger partial charge >= 0.3 is 0 Å². The standard InChI is InChI=1S/C15H28O/c1-2-3-4-5-6-9-12-15(16)13-10-7-8-11-14(13)15/h13-14,16H,2-12H2,1H3. The monoisotopic (exact) mass is 224 g/mol. The maximum absolute atomic E-state index is 10.5. The lowest BCUT2D eigenvalue weighted by molar-refractivity contribution is 0.105. The molecule has 2 fully saturated rings. The first-order valence-electron chi connectivity index (χ1n) is 7.51. The minimum atomic E-state index is -0.207. The van der Waals surface area contributed by atoms with E-state index in [1.54, 1.807) is 0 Å². The van der Waals surface area contributed by atoms with Gasteiger partial charge in [-0.15, -0.1) is 0 Å². The van der Waals surface area contributed by atoms with Gasteiger partial charge in [0.15, 0.2) is 0 Å². The minimum absolute atomic E-state index is 0.207. The number of aliphatic hydroxyl groups is 1. The predicted octanol–water partition coefficient (Wildman–Crippen LogP) is 4.29. The molecule has 0 amide bonds. The van der Waals surface area contributed by atoms with Gasteiger partial charge < -0.3 is 5.11 Å². The minimum Gasteiger partial charge on any atom is -0.389 e. The lowest BCUT2D eigenvalue weighted by atomic mass is 10.0. The molecule has 0 bridgehead atoms. The molecule has 2 aliphatic rings. The Morgan fingerprint density at radius 2 is 1.50 bits per heavy atom. The Balaban J connectivity index is 1.56. The SMILES string of the molecule is CCCCCCCCC1(O)C2CCCCC21. The number of hydrogen-bond donors (Lipinski definition) is 1. The first-order valence-corrected chi connectivity index (χ1v) is 7.51. The average Bonchev–Trinajstić information content (AvgIpc) is 2.91. The van der Waals surface area contributed by atoms with Crippen molar-refractivity contribution in [2.75, 3.05) is 0 Å². The normalized spacial score (nSPS) is 37.1. The molecule has 0 spiro atoms. The summed E-state index contributed by atoms with van der Waals surface area (Å²) in [6.07, 6.45) is 14.5. The van der Waals surface area contributed by atoms with Gasteiger partial charge in [0.05, 0.1) is 5.60 Å². The van der Waals surface area contributed by atoms with Gasteiger partial charge in [-0.25, -0.2) is 0 Å². The molecule has 0 aromatic heterocycles. The summed E-state index contributed by atoms with van der Waals surface area (Å²) in [7, 11) is 0. The molecule has 1 N–H and O–H groups in total. The molecule has 0 radical (unpaired) electrons. The first-order chi connectivity index (χ1) is 7.79. The fourth-order valence-corrected chi connectivity index (χ4v) is 3.78. The van der Waals surface area contributed by atoms with Crippen molar-refractivity contribution in [2.24, 2.45) is 11.8 Å². The van der Waals surface area contributed by atoms with Gasteiger partial charge in [-0.1, -0.05) is 58.3 Å². The van der Waals surface area contributed by atoms with E-state index in [-0.39, 0.29) is 5.60 Å². The van der Waals surface area contributed by atoms with E-state index < -0.39 is 0 Å². The van der Waals surface area contributed by atoms with Gasteiger partial charge in [0, 0.05) is 0 Å². The molecular formula is C15H28O. The van der Waals surface area contributed by atoms with Crippen LogP contribution < -0.4 is 0 Å². The lowest BCUT2D eigenvalue weighted by Crippen LogP contribution is -2.12. The number of fused-ring (bicyclic) bond motifs is 1. The quantitative estimate of drug-likeness (QED) is 0.640. The second-order valence-corrected chi connectivity index (χ2v) is 6.01. The van der Waals surface area contributed by atoms with Crippen molar-refractivity contribution in [3.8, 4) is 0 Å². The van der Waals surface area contributed by atoms with E-state index in [2.05, 4.69) is 6.92 Å². The van der Waals surface area contributed by atoms with E-state index in [4.69, 9.17) is 0 Å². The van der Waals surface area contributed by atoms with Crippen molar-refractivity contribution >= 4 is 0 Å². The van der Waals surface area contributed by atoms with Crippen LogP contribution in [0.1, 0.15) is 77.6 Å². The molecule has 1 heteroatoms. The first kappa shape index (κ1) is 12.4. The van der Waals surface area contributed by atoms with Gasteiger partial charge in [-0.05, 0) is 31.1 Å². The van der Waals surface area contributed by atoms with Crippen LogP contribution in [-0.2, 0) is 0 Å². The van der Waals surface area contributed by atoms with Crippen molar-refractivity contribution in [3.63, 3.8) is 0 Å². The largest absolute Gasteiger partial charge is 0.389 e. The maximum atomic E-state index is 10.5. The molecule has 16 heavy (non-hydrogen) atoms. The summed E-state index contributed by atoms with van der Waals surface area (Å²) in [4.78, 5) is 0. The molecule has 0 aromatic rings. The van der Waals surface area contributed by atoms with E-state index in [1.165, 1.54) is 64.2 Å². The van der Waals surface area contributed by atoms with Crippen LogP contribution in [-0.4, -0.2) is 10.7 Å². The Labute approximate surface area is 101 Å². The van der Waals surface area contributed by atoms with E-state index in [9.17, 15) is 5.11 Å². The molecule has 2 unspecified atom stereocenters. The maximum Gasteiger partial charge on any atom is 0.0711 e. The van der Waals surface area contributed by atoms with Crippen molar-refractivity contribution in [3.05, 3.63) is 0 Å². The summed E-state index contributed by atoms with van der Waals surface area (Å²) in [5.74, 6) is 1.38. The molecule has 0 saturated heterocycles. The van der Waals surface area contributed by atoms with Gasteiger partial charge in [0.1, 0.15) is 0 Å². The molecule has 94 valence electrons. The third kappa shape index (κ3) is 2.61. The van der Waals surface area contributed by atoms with Crippen LogP contribution in [0.15, 0.2) is 0 Å². The van der Waals surface area contributed by atoms with Crippen LogP contribution in [0, 0.1) is 11.8 Å². The van der Waals surface area contributed by atoms with Gasteiger partial charge in [0.2, 0.25) is 0 Å². The number of unbranched alkanes of at least 4 members (excludes halogenated alkanes) is 5. The average molecular weight is 224 g/mol. The fraction of sp³-hybridized carbons (Fsp3) is 1.00. The van der Waals surface area contributed by atoms with Crippen molar-refractivity contribution in [2.45, 2.75) is 83.2 Å². The smallest absolute Gasteiger partial charge is 0.0711 e. The van der Waals surface area contributed by atoms with E-state index in [0.29, 0.717) is 11.8 Å². The van der Waals surface area contributed by atoms with E-state index in [1.807, 2.05) is 0 Å². The van der Waals surface area contributed by atoms with Crippen LogP contribution >= 0.6 is 0 Å². The molecule has 2 saturated carbocycles. The Morgan fingerprint density at radius 3 is 2.12 bits per heavy atom. The number of rotatable bonds is 7. The molecular weight excluding hydrogens is 196 g/mol. The molecule has 0 aliphatic heterocycles. The van der Waals surface area contributed by atoms with Crippen LogP contribution in [0.2, 0.25) is 0 Å².